The molecule has 0 unspecified atom stereocenters. The van der Waals surface area contributed by atoms with Crippen LogP contribution in [0.4, 0.5) is 36.3 Å². The Morgan fingerprint density at radius 3 is 2.66 bits per heavy atom. The summed E-state index contributed by atoms with van der Waals surface area (Å²) in [4.78, 5) is 44.8. The summed E-state index contributed by atoms with van der Waals surface area (Å²) in [7, 11) is 1.44. The van der Waals surface area contributed by atoms with Crippen LogP contribution >= 0.6 is 0 Å². The summed E-state index contributed by atoms with van der Waals surface area (Å²) in [6.07, 6.45) is -4.85. The number of anilines is 4. The molecule has 0 spiro atoms. The van der Waals surface area contributed by atoms with Gasteiger partial charge in [0.05, 0.1) is 29.8 Å². The van der Waals surface area contributed by atoms with E-state index in [4.69, 9.17) is 4.74 Å². The van der Waals surface area contributed by atoms with Gasteiger partial charge in [0.2, 0.25) is 17.8 Å². The number of aryl methyl sites for hydroxylation is 1. The maximum absolute atomic E-state index is 13.1. The predicted molar refractivity (Wildman–Crippen MR) is 122 cm³/mol. The molecule has 3 aromatic rings. The number of ether oxygens (including phenoxy) is 1. The van der Waals surface area contributed by atoms with Gasteiger partial charge >= 0.3 is 6.18 Å². The Labute approximate surface area is 196 Å². The highest BCUT2D eigenvalue weighted by atomic mass is 19.4. The molecular formula is C23H20F3N5O4. The molecule has 0 fully saturated rings. The third-order valence-electron chi connectivity index (χ3n) is 5.33. The van der Waals surface area contributed by atoms with E-state index in [0.717, 1.165) is 17.7 Å². The van der Waals surface area contributed by atoms with Crippen molar-refractivity contribution < 1.29 is 27.5 Å². The van der Waals surface area contributed by atoms with Crippen LogP contribution in [-0.2, 0) is 15.8 Å². The topological polar surface area (TPSA) is 125 Å². The molecule has 4 rings (SSSR count). The number of aromatic nitrogens is 2. The van der Waals surface area contributed by atoms with Gasteiger partial charge in [-0.15, -0.1) is 0 Å². The minimum atomic E-state index is -4.55. The van der Waals surface area contributed by atoms with E-state index in [1.54, 1.807) is 18.2 Å². The summed E-state index contributed by atoms with van der Waals surface area (Å²) in [5.74, 6) is -2.27. The number of nitrogens with zero attached hydrogens (tertiary/aromatic N) is 1. The van der Waals surface area contributed by atoms with Crippen molar-refractivity contribution in [1.29, 1.82) is 0 Å². The zero-order chi connectivity index (χ0) is 25.3. The van der Waals surface area contributed by atoms with E-state index in [9.17, 15) is 27.6 Å². The standard InChI is InChI=1S/C23H20F3N5O4/c1-11-6-7-16(35-2)15(8-11)28-20(33)14-10-17(32)29-19-18(14)21(34)31-22(30-19)27-13-5-3-4-12(9-13)23(24,25)26/h3-9,14H,10H2,1-2H3,(H,28,33)(H3,27,29,30,31,32,34)/t14-/m0/s1. The Hall–Kier alpha value is -4.35. The predicted octanol–water partition coefficient (Wildman–Crippen LogP) is 3.91. The van der Waals surface area contributed by atoms with Crippen molar-refractivity contribution in [3.8, 4) is 5.75 Å². The fraction of sp³-hybridized carbons (Fsp3) is 0.217. The molecule has 182 valence electrons. The van der Waals surface area contributed by atoms with Crippen molar-refractivity contribution in [3.05, 3.63) is 69.5 Å². The highest BCUT2D eigenvalue weighted by molar-refractivity contribution is 6.05. The summed E-state index contributed by atoms with van der Waals surface area (Å²) in [6.45, 7) is 1.83. The van der Waals surface area contributed by atoms with Crippen molar-refractivity contribution in [2.24, 2.45) is 0 Å². The molecule has 1 atom stereocenters. The van der Waals surface area contributed by atoms with E-state index in [1.165, 1.54) is 19.2 Å². The van der Waals surface area contributed by atoms with Crippen LogP contribution in [0.2, 0.25) is 0 Å². The van der Waals surface area contributed by atoms with Crippen molar-refractivity contribution in [1.82, 2.24) is 9.97 Å². The van der Waals surface area contributed by atoms with Crippen molar-refractivity contribution in [2.75, 3.05) is 23.1 Å². The molecule has 0 bridgehead atoms. The lowest BCUT2D eigenvalue weighted by atomic mass is 9.92. The first-order valence-electron chi connectivity index (χ1n) is 10.4. The van der Waals surface area contributed by atoms with Crippen LogP contribution in [0.5, 0.6) is 5.75 Å². The van der Waals surface area contributed by atoms with Crippen LogP contribution in [0, 0.1) is 6.92 Å². The van der Waals surface area contributed by atoms with E-state index in [-0.39, 0.29) is 29.4 Å². The number of methoxy groups -OCH3 is 1. The first kappa shape index (κ1) is 23.8. The summed E-state index contributed by atoms with van der Waals surface area (Å²) in [5.41, 5.74) is -0.431. The summed E-state index contributed by atoms with van der Waals surface area (Å²) in [5, 5.41) is 7.73. The van der Waals surface area contributed by atoms with Gasteiger partial charge in [0.1, 0.15) is 11.6 Å². The molecule has 12 heteroatoms. The number of rotatable bonds is 5. The normalized spacial score (nSPS) is 15.1. The van der Waals surface area contributed by atoms with E-state index in [2.05, 4.69) is 25.9 Å². The number of halogens is 3. The van der Waals surface area contributed by atoms with Gasteiger partial charge in [0.15, 0.2) is 0 Å². The molecular weight excluding hydrogens is 467 g/mol. The number of carbonyl (C=O) groups excluding carboxylic acids is 2. The number of aromatic amines is 1. The molecule has 4 N–H and O–H groups in total. The lowest BCUT2D eigenvalue weighted by Gasteiger charge is -2.24. The minimum Gasteiger partial charge on any atom is -0.495 e. The molecule has 1 aromatic heterocycles. The molecule has 0 saturated carbocycles. The van der Waals surface area contributed by atoms with Crippen LogP contribution in [0.15, 0.2) is 47.3 Å². The van der Waals surface area contributed by atoms with Crippen molar-refractivity contribution >= 4 is 35.0 Å². The van der Waals surface area contributed by atoms with E-state index in [1.807, 2.05) is 6.92 Å². The SMILES string of the molecule is COc1ccc(C)cc1NC(=O)[C@H]1CC(=O)Nc2nc(Nc3cccc(C(F)(F)F)c3)[nH]c(=O)c21. The minimum absolute atomic E-state index is 0.0193. The second-order valence-corrected chi connectivity index (χ2v) is 7.88. The monoisotopic (exact) mass is 487 g/mol. The maximum Gasteiger partial charge on any atom is 0.416 e. The Balaban J connectivity index is 1.64. The largest absolute Gasteiger partial charge is 0.495 e. The molecule has 2 heterocycles. The molecule has 9 nitrogen and oxygen atoms in total. The molecule has 2 aromatic carbocycles. The average Bonchev–Trinajstić information content (AvgIpc) is 2.78. The van der Waals surface area contributed by atoms with E-state index >= 15 is 0 Å². The number of amides is 2. The van der Waals surface area contributed by atoms with E-state index < -0.39 is 35.0 Å². The van der Waals surface area contributed by atoms with Crippen LogP contribution < -0.4 is 26.2 Å². The van der Waals surface area contributed by atoms with Crippen LogP contribution in [0.25, 0.3) is 0 Å². The van der Waals surface area contributed by atoms with Crippen LogP contribution in [-0.4, -0.2) is 28.9 Å². The molecule has 0 saturated heterocycles. The third kappa shape index (κ3) is 5.10. The lowest BCUT2D eigenvalue weighted by molar-refractivity contribution is -0.137. The van der Waals surface area contributed by atoms with Crippen LogP contribution in [0.3, 0.4) is 0 Å². The number of hydrogen-bond acceptors (Lipinski definition) is 6. The molecule has 1 aliphatic rings. The quantitative estimate of drug-likeness (QED) is 0.433. The fourth-order valence-electron chi connectivity index (χ4n) is 3.70. The average molecular weight is 487 g/mol. The first-order chi connectivity index (χ1) is 16.5. The Morgan fingerprint density at radius 1 is 1.17 bits per heavy atom. The number of benzene rings is 2. The maximum atomic E-state index is 13.1. The van der Waals surface area contributed by atoms with Gasteiger partial charge in [-0.05, 0) is 42.8 Å². The van der Waals surface area contributed by atoms with Gasteiger partial charge in [0, 0.05) is 12.1 Å². The Kier molecular flexibility index (Phi) is 6.20. The highest BCUT2D eigenvalue weighted by Crippen LogP contribution is 2.33. The summed E-state index contributed by atoms with van der Waals surface area (Å²) >= 11 is 0. The third-order valence-corrected chi connectivity index (χ3v) is 5.33. The molecule has 35 heavy (non-hydrogen) atoms. The van der Waals surface area contributed by atoms with Gasteiger partial charge in [-0.2, -0.15) is 18.2 Å². The number of alkyl halides is 3. The number of fused-ring (bicyclic) bond motifs is 1. The van der Waals surface area contributed by atoms with Gasteiger partial charge in [-0.1, -0.05) is 12.1 Å². The number of nitrogens with one attached hydrogen (secondary N) is 4. The molecule has 0 radical (unpaired) electrons. The van der Waals surface area contributed by atoms with Gasteiger partial charge in [-0.3, -0.25) is 19.4 Å². The number of H-pyrrole nitrogens is 1. The Bertz CT molecular complexity index is 1370. The molecule has 0 aliphatic carbocycles. The zero-order valence-electron chi connectivity index (χ0n) is 18.5. The molecule has 2 amide bonds. The summed E-state index contributed by atoms with van der Waals surface area (Å²) < 4.78 is 44.2. The second kappa shape index (κ2) is 9.12. The molecule has 1 aliphatic heterocycles. The first-order valence-corrected chi connectivity index (χ1v) is 10.4. The highest BCUT2D eigenvalue weighted by Gasteiger charge is 2.35. The van der Waals surface area contributed by atoms with Crippen molar-refractivity contribution in [3.63, 3.8) is 0 Å². The zero-order valence-corrected chi connectivity index (χ0v) is 18.5. The van der Waals surface area contributed by atoms with Crippen molar-refractivity contribution in [2.45, 2.75) is 25.4 Å². The Morgan fingerprint density at radius 2 is 1.94 bits per heavy atom. The van der Waals surface area contributed by atoms with Crippen LogP contribution in [0.1, 0.15) is 29.0 Å². The van der Waals surface area contributed by atoms with Gasteiger partial charge in [-0.25, -0.2) is 0 Å². The van der Waals surface area contributed by atoms with Gasteiger partial charge < -0.3 is 20.7 Å². The number of carbonyl (C=O) groups is 2. The van der Waals surface area contributed by atoms with Gasteiger partial charge in [0.25, 0.3) is 5.56 Å². The lowest BCUT2D eigenvalue weighted by Crippen LogP contribution is -2.36. The fourth-order valence-corrected chi connectivity index (χ4v) is 3.70. The smallest absolute Gasteiger partial charge is 0.416 e. The van der Waals surface area contributed by atoms with E-state index in [0.29, 0.717) is 11.4 Å². The second-order valence-electron chi connectivity index (χ2n) is 7.88. The summed E-state index contributed by atoms with van der Waals surface area (Å²) in [6, 6.07) is 9.47. The number of hydrogen-bond donors (Lipinski definition) is 4.